The Bertz CT molecular complexity index is 378. The van der Waals surface area contributed by atoms with Crippen LogP contribution in [0.5, 0.6) is 0 Å². The number of benzene rings is 1. The van der Waals surface area contributed by atoms with Gasteiger partial charge in [0.25, 0.3) is 0 Å². The van der Waals surface area contributed by atoms with E-state index >= 15 is 0 Å². The predicted octanol–water partition coefficient (Wildman–Crippen LogP) is 4.49. The van der Waals surface area contributed by atoms with Gasteiger partial charge in [0.1, 0.15) is 0 Å². The van der Waals surface area contributed by atoms with E-state index in [1.165, 1.54) is 44.9 Å². The van der Waals surface area contributed by atoms with Crippen molar-refractivity contribution in [2.45, 2.75) is 69.9 Å². The quantitative estimate of drug-likeness (QED) is 0.841. The molecule has 0 bridgehead atoms. The second-order valence-electron chi connectivity index (χ2n) is 6.74. The molecule has 0 aromatic heterocycles. The minimum absolute atomic E-state index is 0.787. The molecule has 0 saturated heterocycles. The minimum atomic E-state index is 0.787. The van der Waals surface area contributed by atoms with Crippen LogP contribution in [-0.4, -0.2) is 12.1 Å². The third-order valence-corrected chi connectivity index (χ3v) is 5.16. The lowest BCUT2D eigenvalue weighted by Gasteiger charge is -2.31. The van der Waals surface area contributed by atoms with Crippen molar-refractivity contribution in [3.63, 3.8) is 0 Å². The van der Waals surface area contributed by atoms with E-state index < -0.39 is 0 Å². The van der Waals surface area contributed by atoms with E-state index in [9.17, 15) is 0 Å². The fraction of sp³-hybridized carbons (Fsp3) is 0.667. The first-order valence-corrected chi connectivity index (χ1v) is 8.12. The Hall–Kier alpha value is -0.820. The van der Waals surface area contributed by atoms with Gasteiger partial charge in [0, 0.05) is 12.1 Å². The Labute approximate surface area is 117 Å². The van der Waals surface area contributed by atoms with E-state index in [-0.39, 0.29) is 0 Å². The molecule has 1 nitrogen and oxygen atoms in total. The summed E-state index contributed by atoms with van der Waals surface area (Å²) in [5.74, 6) is 1.75. The molecule has 0 amide bonds. The second-order valence-corrected chi connectivity index (χ2v) is 6.74. The first kappa shape index (κ1) is 13.2. The van der Waals surface area contributed by atoms with E-state index in [1.54, 1.807) is 5.56 Å². The van der Waals surface area contributed by atoms with Crippen LogP contribution in [0.1, 0.15) is 63.4 Å². The van der Waals surface area contributed by atoms with Crippen LogP contribution >= 0.6 is 0 Å². The zero-order chi connectivity index (χ0) is 13.1. The highest BCUT2D eigenvalue weighted by Gasteiger charge is 2.27. The monoisotopic (exact) mass is 257 g/mol. The van der Waals surface area contributed by atoms with Gasteiger partial charge in [-0.05, 0) is 62.3 Å². The molecule has 0 spiro atoms. The van der Waals surface area contributed by atoms with Crippen molar-refractivity contribution in [1.29, 1.82) is 0 Å². The van der Waals surface area contributed by atoms with Crippen molar-refractivity contribution < 1.29 is 0 Å². The third kappa shape index (κ3) is 3.39. The molecule has 0 radical (unpaired) electrons. The maximum absolute atomic E-state index is 3.92. The van der Waals surface area contributed by atoms with Crippen LogP contribution in [0.3, 0.4) is 0 Å². The molecule has 104 valence electrons. The topological polar surface area (TPSA) is 12.0 Å². The summed E-state index contributed by atoms with van der Waals surface area (Å²) in [7, 11) is 0. The van der Waals surface area contributed by atoms with Crippen LogP contribution in [0.15, 0.2) is 30.3 Å². The van der Waals surface area contributed by atoms with Crippen molar-refractivity contribution >= 4 is 0 Å². The van der Waals surface area contributed by atoms with Gasteiger partial charge in [0.15, 0.2) is 0 Å². The van der Waals surface area contributed by atoms with Crippen LogP contribution in [0, 0.1) is 5.92 Å². The Balaban J connectivity index is 1.47. The Morgan fingerprint density at radius 1 is 0.842 bits per heavy atom. The summed E-state index contributed by atoms with van der Waals surface area (Å²) in [5.41, 5.74) is 1.55. The average Bonchev–Trinajstić information content (AvgIpc) is 2.86. The van der Waals surface area contributed by atoms with E-state index in [0.29, 0.717) is 0 Å². The first-order chi connectivity index (χ1) is 9.31. The van der Waals surface area contributed by atoms with Gasteiger partial charge in [0.05, 0.1) is 0 Å². The van der Waals surface area contributed by atoms with Crippen molar-refractivity contribution in [3.8, 4) is 0 Å². The van der Waals surface area contributed by atoms with Gasteiger partial charge in [0.2, 0.25) is 0 Å². The number of nitrogens with one attached hydrogen (secondary N) is 1. The SMILES string of the molecule is CC1CCC(NC2CCC(c3ccccc3)CC2)C1. The fourth-order valence-electron chi connectivity index (χ4n) is 4.01. The van der Waals surface area contributed by atoms with E-state index in [1.807, 2.05) is 0 Å². The van der Waals surface area contributed by atoms with Crippen LogP contribution in [0.25, 0.3) is 0 Å². The van der Waals surface area contributed by atoms with Gasteiger partial charge in [-0.15, -0.1) is 0 Å². The summed E-state index contributed by atoms with van der Waals surface area (Å²) >= 11 is 0. The molecule has 1 aromatic carbocycles. The standard InChI is InChI=1S/C18H27N/c1-14-7-10-18(13-14)19-17-11-8-16(9-12-17)15-5-3-2-4-6-15/h2-6,14,16-19H,7-13H2,1H3. The highest BCUT2D eigenvalue weighted by molar-refractivity contribution is 5.20. The summed E-state index contributed by atoms with van der Waals surface area (Å²) in [6.45, 7) is 2.40. The molecule has 2 saturated carbocycles. The maximum atomic E-state index is 3.92. The highest BCUT2D eigenvalue weighted by Crippen LogP contribution is 2.34. The van der Waals surface area contributed by atoms with Crippen LogP contribution in [0.2, 0.25) is 0 Å². The fourth-order valence-corrected chi connectivity index (χ4v) is 4.01. The number of rotatable bonds is 3. The predicted molar refractivity (Wildman–Crippen MR) is 81.4 cm³/mol. The lowest BCUT2D eigenvalue weighted by Crippen LogP contribution is -2.39. The third-order valence-electron chi connectivity index (χ3n) is 5.16. The van der Waals surface area contributed by atoms with E-state index in [0.717, 1.165) is 23.9 Å². The molecule has 0 aliphatic heterocycles. The molecule has 2 unspecified atom stereocenters. The lowest BCUT2D eigenvalue weighted by molar-refractivity contribution is 0.312. The van der Waals surface area contributed by atoms with Crippen LogP contribution < -0.4 is 5.32 Å². The van der Waals surface area contributed by atoms with Crippen LogP contribution in [0.4, 0.5) is 0 Å². The Morgan fingerprint density at radius 2 is 1.53 bits per heavy atom. The van der Waals surface area contributed by atoms with Gasteiger partial charge in [-0.2, -0.15) is 0 Å². The number of hydrogen-bond donors (Lipinski definition) is 1. The zero-order valence-electron chi connectivity index (χ0n) is 12.1. The van der Waals surface area contributed by atoms with Crippen molar-refractivity contribution in [1.82, 2.24) is 5.32 Å². The molecule has 3 rings (SSSR count). The maximum Gasteiger partial charge on any atom is 0.00722 e. The molecule has 1 aromatic rings. The van der Waals surface area contributed by atoms with Gasteiger partial charge in [-0.3, -0.25) is 0 Å². The Kier molecular flexibility index (Phi) is 4.22. The summed E-state index contributed by atoms with van der Waals surface area (Å²) in [4.78, 5) is 0. The molecule has 1 N–H and O–H groups in total. The van der Waals surface area contributed by atoms with Gasteiger partial charge >= 0.3 is 0 Å². The normalized spacial score (nSPS) is 35.4. The molecule has 2 atom stereocenters. The van der Waals surface area contributed by atoms with Gasteiger partial charge in [-0.1, -0.05) is 37.3 Å². The Morgan fingerprint density at radius 3 is 2.16 bits per heavy atom. The highest BCUT2D eigenvalue weighted by atomic mass is 15.0. The van der Waals surface area contributed by atoms with E-state index in [2.05, 4.69) is 42.6 Å². The van der Waals surface area contributed by atoms with Crippen molar-refractivity contribution in [2.24, 2.45) is 5.92 Å². The van der Waals surface area contributed by atoms with Crippen molar-refractivity contribution in [2.75, 3.05) is 0 Å². The summed E-state index contributed by atoms with van der Waals surface area (Å²) in [6.07, 6.45) is 9.69. The molecule has 19 heavy (non-hydrogen) atoms. The summed E-state index contributed by atoms with van der Waals surface area (Å²) in [6, 6.07) is 12.7. The zero-order valence-corrected chi connectivity index (χ0v) is 12.1. The minimum Gasteiger partial charge on any atom is -0.311 e. The largest absolute Gasteiger partial charge is 0.311 e. The molecule has 2 aliphatic carbocycles. The molecular weight excluding hydrogens is 230 g/mol. The second kappa shape index (κ2) is 6.09. The lowest BCUT2D eigenvalue weighted by atomic mass is 9.81. The molecule has 1 heteroatoms. The molecular formula is C18H27N. The van der Waals surface area contributed by atoms with Crippen molar-refractivity contribution in [3.05, 3.63) is 35.9 Å². The first-order valence-electron chi connectivity index (χ1n) is 8.12. The van der Waals surface area contributed by atoms with Gasteiger partial charge in [-0.25, -0.2) is 0 Å². The number of hydrogen-bond acceptors (Lipinski definition) is 1. The molecule has 2 aliphatic rings. The van der Waals surface area contributed by atoms with Crippen LogP contribution in [-0.2, 0) is 0 Å². The molecule has 2 fully saturated rings. The average molecular weight is 257 g/mol. The summed E-state index contributed by atoms with van der Waals surface area (Å²) in [5, 5.41) is 3.92. The van der Waals surface area contributed by atoms with E-state index in [4.69, 9.17) is 0 Å². The van der Waals surface area contributed by atoms with Gasteiger partial charge < -0.3 is 5.32 Å². The molecule has 0 heterocycles. The smallest absolute Gasteiger partial charge is 0.00722 e. The summed E-state index contributed by atoms with van der Waals surface area (Å²) < 4.78 is 0.